The van der Waals surface area contributed by atoms with Crippen molar-refractivity contribution in [1.29, 1.82) is 0 Å². The lowest BCUT2D eigenvalue weighted by molar-refractivity contribution is -0.128. The summed E-state index contributed by atoms with van der Waals surface area (Å²) in [6, 6.07) is 3.55. The standard InChI is InChI=1S/C14H19N3O2/c1-10(2)8-17-9-11(6-13(17)18)14(19)16-12-4-3-5-15-7-12/h3-5,7,10-11H,6,8-9H2,1-2H3,(H,16,19)/t11-/m0/s1. The highest BCUT2D eigenvalue weighted by Gasteiger charge is 2.34. The molecule has 0 saturated carbocycles. The van der Waals surface area contributed by atoms with E-state index < -0.39 is 0 Å². The summed E-state index contributed by atoms with van der Waals surface area (Å²) in [6.45, 7) is 5.37. The average Bonchev–Trinajstić information content (AvgIpc) is 2.71. The number of likely N-dealkylation sites (tertiary alicyclic amines) is 1. The summed E-state index contributed by atoms with van der Waals surface area (Å²) in [7, 11) is 0. The summed E-state index contributed by atoms with van der Waals surface area (Å²) in [4.78, 5) is 29.6. The van der Waals surface area contributed by atoms with Gasteiger partial charge in [-0.25, -0.2) is 0 Å². The summed E-state index contributed by atoms with van der Waals surface area (Å²) in [5.74, 6) is 0.128. The number of nitrogens with one attached hydrogen (secondary N) is 1. The van der Waals surface area contributed by atoms with E-state index in [2.05, 4.69) is 24.1 Å². The number of aromatic nitrogens is 1. The number of carbonyl (C=O) groups is 2. The van der Waals surface area contributed by atoms with Crippen molar-refractivity contribution in [2.24, 2.45) is 11.8 Å². The molecule has 0 aliphatic carbocycles. The smallest absolute Gasteiger partial charge is 0.229 e. The van der Waals surface area contributed by atoms with Crippen LogP contribution in [0.15, 0.2) is 24.5 Å². The number of hydrogen-bond acceptors (Lipinski definition) is 3. The molecule has 1 aliphatic rings. The van der Waals surface area contributed by atoms with E-state index in [1.54, 1.807) is 29.4 Å². The van der Waals surface area contributed by atoms with Gasteiger partial charge in [0, 0.05) is 25.7 Å². The molecule has 0 bridgehead atoms. The van der Waals surface area contributed by atoms with Crippen LogP contribution in [0.1, 0.15) is 20.3 Å². The topological polar surface area (TPSA) is 62.3 Å². The van der Waals surface area contributed by atoms with Gasteiger partial charge in [0.15, 0.2) is 0 Å². The molecule has 0 radical (unpaired) electrons. The molecule has 0 spiro atoms. The van der Waals surface area contributed by atoms with Crippen LogP contribution in [0.25, 0.3) is 0 Å². The van der Waals surface area contributed by atoms with Gasteiger partial charge in [0.05, 0.1) is 17.8 Å². The Kier molecular flexibility index (Phi) is 4.14. The maximum Gasteiger partial charge on any atom is 0.229 e. The summed E-state index contributed by atoms with van der Waals surface area (Å²) >= 11 is 0. The SMILES string of the molecule is CC(C)CN1C[C@@H](C(=O)Nc2cccnc2)CC1=O. The molecule has 2 rings (SSSR count). The van der Waals surface area contributed by atoms with Crippen LogP contribution >= 0.6 is 0 Å². The maximum atomic E-state index is 12.1. The fraction of sp³-hybridized carbons (Fsp3) is 0.500. The Morgan fingerprint density at radius 1 is 1.58 bits per heavy atom. The highest BCUT2D eigenvalue weighted by Crippen LogP contribution is 2.20. The van der Waals surface area contributed by atoms with Crippen molar-refractivity contribution in [3.8, 4) is 0 Å². The Morgan fingerprint density at radius 2 is 2.37 bits per heavy atom. The highest BCUT2D eigenvalue weighted by molar-refractivity contribution is 5.97. The van der Waals surface area contributed by atoms with Crippen LogP contribution in [-0.2, 0) is 9.59 Å². The van der Waals surface area contributed by atoms with Gasteiger partial charge in [0.2, 0.25) is 11.8 Å². The predicted octanol–water partition coefficient (Wildman–Crippen LogP) is 1.52. The lowest BCUT2D eigenvalue weighted by atomic mass is 10.1. The number of rotatable bonds is 4. The Labute approximate surface area is 113 Å². The average molecular weight is 261 g/mol. The van der Waals surface area contributed by atoms with Gasteiger partial charge in [-0.2, -0.15) is 0 Å². The monoisotopic (exact) mass is 261 g/mol. The summed E-state index contributed by atoms with van der Waals surface area (Å²) in [6.07, 6.45) is 3.55. The highest BCUT2D eigenvalue weighted by atomic mass is 16.2. The number of amides is 2. The number of pyridine rings is 1. The zero-order valence-electron chi connectivity index (χ0n) is 11.3. The lowest BCUT2D eigenvalue weighted by Gasteiger charge is -2.18. The molecule has 5 nitrogen and oxygen atoms in total. The summed E-state index contributed by atoms with van der Waals surface area (Å²) in [5, 5.41) is 2.80. The zero-order valence-corrected chi connectivity index (χ0v) is 11.3. The third kappa shape index (κ3) is 3.53. The minimum Gasteiger partial charge on any atom is -0.342 e. The molecule has 1 N–H and O–H groups in total. The van der Waals surface area contributed by atoms with E-state index in [4.69, 9.17) is 0 Å². The molecule has 2 amide bonds. The van der Waals surface area contributed by atoms with Crippen molar-refractivity contribution < 1.29 is 9.59 Å². The second kappa shape index (κ2) is 5.82. The lowest BCUT2D eigenvalue weighted by Crippen LogP contribution is -2.31. The van der Waals surface area contributed by atoms with Crippen LogP contribution in [0.5, 0.6) is 0 Å². The normalized spacial score (nSPS) is 19.0. The van der Waals surface area contributed by atoms with E-state index in [0.29, 0.717) is 24.6 Å². The van der Waals surface area contributed by atoms with E-state index in [0.717, 1.165) is 6.54 Å². The first-order valence-electron chi connectivity index (χ1n) is 6.55. The Morgan fingerprint density at radius 3 is 3.00 bits per heavy atom. The Bertz CT molecular complexity index is 459. The van der Waals surface area contributed by atoms with Crippen LogP contribution in [0.3, 0.4) is 0 Å². The van der Waals surface area contributed by atoms with Crippen LogP contribution in [0.2, 0.25) is 0 Å². The predicted molar refractivity (Wildman–Crippen MR) is 72.4 cm³/mol. The fourth-order valence-electron chi connectivity index (χ4n) is 2.25. The van der Waals surface area contributed by atoms with E-state index in [1.165, 1.54) is 0 Å². The number of hydrogen-bond donors (Lipinski definition) is 1. The second-order valence-corrected chi connectivity index (χ2v) is 5.32. The molecule has 0 unspecified atom stereocenters. The maximum absolute atomic E-state index is 12.1. The van der Waals surface area contributed by atoms with Crippen LogP contribution < -0.4 is 5.32 Å². The minimum atomic E-state index is -0.258. The molecule has 2 heterocycles. The second-order valence-electron chi connectivity index (χ2n) is 5.32. The molecule has 102 valence electrons. The van der Waals surface area contributed by atoms with Crippen molar-refractivity contribution in [3.63, 3.8) is 0 Å². The number of anilines is 1. The third-order valence-corrected chi connectivity index (χ3v) is 3.10. The zero-order chi connectivity index (χ0) is 13.8. The quantitative estimate of drug-likeness (QED) is 0.894. The van der Waals surface area contributed by atoms with Gasteiger partial charge in [0.1, 0.15) is 0 Å². The third-order valence-electron chi connectivity index (χ3n) is 3.10. The first kappa shape index (κ1) is 13.5. The molecule has 1 fully saturated rings. The van der Waals surface area contributed by atoms with Crippen molar-refractivity contribution >= 4 is 17.5 Å². The fourth-order valence-corrected chi connectivity index (χ4v) is 2.25. The van der Waals surface area contributed by atoms with Gasteiger partial charge in [-0.1, -0.05) is 13.8 Å². The van der Waals surface area contributed by atoms with Gasteiger partial charge >= 0.3 is 0 Å². The molecular weight excluding hydrogens is 242 g/mol. The van der Waals surface area contributed by atoms with Crippen molar-refractivity contribution in [1.82, 2.24) is 9.88 Å². The Balaban J connectivity index is 1.93. The molecular formula is C14H19N3O2. The van der Waals surface area contributed by atoms with Gasteiger partial charge in [-0.15, -0.1) is 0 Å². The molecule has 1 aliphatic heterocycles. The van der Waals surface area contributed by atoms with Crippen molar-refractivity contribution in [3.05, 3.63) is 24.5 Å². The molecule has 5 heteroatoms. The number of nitrogens with zero attached hydrogens (tertiary/aromatic N) is 2. The van der Waals surface area contributed by atoms with Gasteiger partial charge in [0.25, 0.3) is 0 Å². The van der Waals surface area contributed by atoms with Crippen LogP contribution in [0, 0.1) is 11.8 Å². The first-order chi connectivity index (χ1) is 9.06. The van der Waals surface area contributed by atoms with E-state index >= 15 is 0 Å². The van der Waals surface area contributed by atoms with E-state index in [1.807, 2.05) is 0 Å². The largest absolute Gasteiger partial charge is 0.342 e. The van der Waals surface area contributed by atoms with E-state index in [-0.39, 0.29) is 17.7 Å². The Hall–Kier alpha value is -1.91. The number of carbonyl (C=O) groups excluding carboxylic acids is 2. The molecule has 0 aromatic carbocycles. The van der Waals surface area contributed by atoms with Gasteiger partial charge < -0.3 is 10.2 Å². The summed E-state index contributed by atoms with van der Waals surface area (Å²) in [5.41, 5.74) is 0.669. The van der Waals surface area contributed by atoms with Crippen LogP contribution in [0.4, 0.5) is 5.69 Å². The molecule has 1 aromatic rings. The van der Waals surface area contributed by atoms with Gasteiger partial charge in [-0.05, 0) is 18.1 Å². The van der Waals surface area contributed by atoms with Gasteiger partial charge in [-0.3, -0.25) is 14.6 Å². The molecule has 19 heavy (non-hydrogen) atoms. The van der Waals surface area contributed by atoms with E-state index in [9.17, 15) is 9.59 Å². The first-order valence-corrected chi connectivity index (χ1v) is 6.55. The van der Waals surface area contributed by atoms with Crippen LogP contribution in [-0.4, -0.2) is 34.8 Å². The molecule has 1 atom stereocenters. The summed E-state index contributed by atoms with van der Waals surface area (Å²) < 4.78 is 0. The van der Waals surface area contributed by atoms with Crippen molar-refractivity contribution in [2.45, 2.75) is 20.3 Å². The molecule has 1 aromatic heterocycles. The minimum absolute atomic E-state index is 0.0695. The molecule has 1 saturated heterocycles. The van der Waals surface area contributed by atoms with Crippen molar-refractivity contribution in [2.75, 3.05) is 18.4 Å².